The van der Waals surface area contributed by atoms with Crippen molar-refractivity contribution in [1.29, 1.82) is 0 Å². The summed E-state index contributed by atoms with van der Waals surface area (Å²) >= 11 is 0. The van der Waals surface area contributed by atoms with E-state index in [-0.39, 0.29) is 5.97 Å². The molecule has 0 aromatic heterocycles. The topological polar surface area (TPSA) is 63.6 Å². The van der Waals surface area contributed by atoms with E-state index in [2.05, 4.69) is 0 Å². The van der Waals surface area contributed by atoms with E-state index in [1.54, 1.807) is 25.1 Å². The van der Waals surface area contributed by atoms with Crippen molar-refractivity contribution in [3.8, 4) is 5.75 Å². The summed E-state index contributed by atoms with van der Waals surface area (Å²) in [5.41, 5.74) is 2.25. The van der Waals surface area contributed by atoms with E-state index in [0.717, 1.165) is 11.1 Å². The molecule has 21 heavy (non-hydrogen) atoms. The Morgan fingerprint density at radius 1 is 1.19 bits per heavy atom. The highest BCUT2D eigenvalue weighted by Gasteiger charge is 2.35. The molecule has 2 atom stereocenters. The molecule has 4 nitrogen and oxygen atoms in total. The lowest BCUT2D eigenvalue weighted by atomic mass is 9.89. The van der Waals surface area contributed by atoms with Crippen molar-refractivity contribution in [1.82, 2.24) is 0 Å². The van der Waals surface area contributed by atoms with Gasteiger partial charge in [0.05, 0.1) is 5.92 Å². The highest BCUT2D eigenvalue weighted by molar-refractivity contribution is 5.89. The fraction of sp³-hybridized carbons (Fsp3) is 0.176. The second-order valence-electron chi connectivity index (χ2n) is 5.12. The summed E-state index contributed by atoms with van der Waals surface area (Å²) in [5.74, 6) is -1.81. The van der Waals surface area contributed by atoms with Gasteiger partial charge in [-0.15, -0.1) is 0 Å². The van der Waals surface area contributed by atoms with Gasteiger partial charge in [-0.1, -0.05) is 42.5 Å². The van der Waals surface area contributed by atoms with Crippen LogP contribution in [0.15, 0.2) is 48.5 Å². The number of carboxylic acids is 1. The maximum absolute atomic E-state index is 12.1. The predicted molar refractivity (Wildman–Crippen MR) is 76.4 cm³/mol. The minimum absolute atomic E-state index is 0.323. The first-order chi connectivity index (χ1) is 10.1. The first-order valence-electron chi connectivity index (χ1n) is 6.71. The highest BCUT2D eigenvalue weighted by Crippen LogP contribution is 2.40. The van der Waals surface area contributed by atoms with E-state index in [1.807, 2.05) is 30.3 Å². The number of ether oxygens (including phenoxy) is 1. The number of benzene rings is 2. The molecule has 0 saturated carbocycles. The molecule has 0 fully saturated rings. The van der Waals surface area contributed by atoms with E-state index >= 15 is 0 Å². The van der Waals surface area contributed by atoms with Crippen molar-refractivity contribution in [2.24, 2.45) is 0 Å². The summed E-state index contributed by atoms with van der Waals surface area (Å²) in [7, 11) is 0. The maximum atomic E-state index is 12.1. The smallest absolute Gasteiger partial charge is 0.323 e. The third kappa shape index (κ3) is 2.29. The summed E-state index contributed by atoms with van der Waals surface area (Å²) in [5, 5.41) is 9.12. The number of esters is 1. The van der Waals surface area contributed by atoms with Gasteiger partial charge in [0, 0.05) is 5.56 Å². The quantitative estimate of drug-likeness (QED) is 0.694. The Kier molecular flexibility index (Phi) is 3.22. The van der Waals surface area contributed by atoms with Crippen molar-refractivity contribution >= 4 is 11.9 Å². The fourth-order valence-corrected chi connectivity index (χ4v) is 2.55. The number of fused-ring (bicyclic) bond motifs is 1. The van der Waals surface area contributed by atoms with Gasteiger partial charge in [-0.05, 0) is 24.1 Å². The van der Waals surface area contributed by atoms with Gasteiger partial charge < -0.3 is 9.84 Å². The van der Waals surface area contributed by atoms with E-state index in [0.29, 0.717) is 11.3 Å². The van der Waals surface area contributed by atoms with E-state index in [9.17, 15) is 9.59 Å². The summed E-state index contributed by atoms with van der Waals surface area (Å²) in [6.45, 7) is 1.62. The van der Waals surface area contributed by atoms with Gasteiger partial charge in [-0.3, -0.25) is 9.59 Å². The second-order valence-corrected chi connectivity index (χ2v) is 5.12. The number of hydrogen-bond acceptors (Lipinski definition) is 3. The standard InChI is InChI=1S/C17H14O4/c1-10(16(18)19)12-7-8-14-13(9-12)15(17(20)21-14)11-5-3-2-4-6-11/h2-10,15H,1H3,(H,18,19)/t10-,15-/m0/s1. The summed E-state index contributed by atoms with van der Waals surface area (Å²) in [6, 6.07) is 14.5. The molecule has 0 bridgehead atoms. The van der Waals surface area contributed by atoms with Crippen LogP contribution in [0.1, 0.15) is 35.4 Å². The molecular weight excluding hydrogens is 268 g/mol. The molecule has 106 valence electrons. The maximum Gasteiger partial charge on any atom is 0.323 e. The molecule has 4 heteroatoms. The molecule has 1 aliphatic heterocycles. The van der Waals surface area contributed by atoms with Crippen LogP contribution < -0.4 is 4.74 Å². The average Bonchev–Trinajstić information content (AvgIpc) is 2.82. The molecule has 1 N–H and O–H groups in total. The Morgan fingerprint density at radius 2 is 1.90 bits per heavy atom. The zero-order valence-electron chi connectivity index (χ0n) is 11.4. The zero-order chi connectivity index (χ0) is 15.0. The Bertz CT molecular complexity index is 706. The Hall–Kier alpha value is -2.62. The molecular formula is C17H14O4. The van der Waals surface area contributed by atoms with Gasteiger partial charge in [0.1, 0.15) is 11.7 Å². The fourth-order valence-electron chi connectivity index (χ4n) is 2.55. The van der Waals surface area contributed by atoms with Crippen LogP contribution in [0.2, 0.25) is 0 Å². The largest absolute Gasteiger partial charge is 0.481 e. The molecule has 2 aromatic rings. The molecule has 2 aromatic carbocycles. The Morgan fingerprint density at radius 3 is 2.57 bits per heavy atom. The van der Waals surface area contributed by atoms with Crippen LogP contribution in [0.3, 0.4) is 0 Å². The van der Waals surface area contributed by atoms with E-state index in [1.165, 1.54) is 0 Å². The van der Waals surface area contributed by atoms with Crippen LogP contribution in [0.4, 0.5) is 0 Å². The van der Waals surface area contributed by atoms with Crippen LogP contribution >= 0.6 is 0 Å². The highest BCUT2D eigenvalue weighted by atomic mass is 16.5. The summed E-state index contributed by atoms with van der Waals surface area (Å²) < 4.78 is 5.28. The first kappa shape index (κ1) is 13.4. The lowest BCUT2D eigenvalue weighted by molar-refractivity contribution is -0.138. The molecule has 0 spiro atoms. The van der Waals surface area contributed by atoms with Gasteiger partial charge >= 0.3 is 11.9 Å². The SMILES string of the molecule is C[C@H](C(=O)O)c1ccc2c(c1)[C@H](c1ccccc1)C(=O)O2. The Balaban J connectivity index is 2.07. The molecule has 0 aliphatic carbocycles. The zero-order valence-corrected chi connectivity index (χ0v) is 11.4. The monoisotopic (exact) mass is 282 g/mol. The van der Waals surface area contributed by atoms with Crippen LogP contribution in [-0.2, 0) is 9.59 Å². The lowest BCUT2D eigenvalue weighted by Crippen LogP contribution is -2.11. The van der Waals surface area contributed by atoms with Gasteiger partial charge in [0.15, 0.2) is 0 Å². The van der Waals surface area contributed by atoms with Gasteiger partial charge in [-0.2, -0.15) is 0 Å². The number of carboxylic acid groups (broad SMARTS) is 1. The van der Waals surface area contributed by atoms with Crippen molar-refractivity contribution in [2.75, 3.05) is 0 Å². The summed E-state index contributed by atoms with van der Waals surface area (Å²) in [4.78, 5) is 23.2. The molecule has 0 saturated heterocycles. The van der Waals surface area contributed by atoms with Gasteiger partial charge in [0.2, 0.25) is 0 Å². The minimum atomic E-state index is -0.892. The van der Waals surface area contributed by atoms with Crippen molar-refractivity contribution in [2.45, 2.75) is 18.8 Å². The molecule has 0 radical (unpaired) electrons. The third-order valence-electron chi connectivity index (χ3n) is 3.79. The number of aliphatic carboxylic acids is 1. The number of rotatable bonds is 3. The van der Waals surface area contributed by atoms with Crippen LogP contribution in [-0.4, -0.2) is 17.0 Å². The Labute approximate surface area is 122 Å². The van der Waals surface area contributed by atoms with Crippen molar-refractivity contribution < 1.29 is 19.4 Å². The third-order valence-corrected chi connectivity index (χ3v) is 3.79. The predicted octanol–water partition coefficient (Wildman–Crippen LogP) is 2.93. The van der Waals surface area contributed by atoms with Crippen molar-refractivity contribution in [3.05, 3.63) is 65.2 Å². The molecule has 0 unspecified atom stereocenters. The van der Waals surface area contributed by atoms with Crippen LogP contribution in [0, 0.1) is 0 Å². The van der Waals surface area contributed by atoms with E-state index < -0.39 is 17.8 Å². The number of carbonyl (C=O) groups excluding carboxylic acids is 1. The van der Waals surface area contributed by atoms with E-state index in [4.69, 9.17) is 9.84 Å². The van der Waals surface area contributed by atoms with Gasteiger partial charge in [0.25, 0.3) is 0 Å². The number of carbonyl (C=O) groups is 2. The minimum Gasteiger partial charge on any atom is -0.481 e. The molecule has 1 aliphatic rings. The van der Waals surface area contributed by atoms with Crippen molar-refractivity contribution in [3.63, 3.8) is 0 Å². The average molecular weight is 282 g/mol. The molecule has 3 rings (SSSR count). The molecule has 1 heterocycles. The lowest BCUT2D eigenvalue weighted by Gasteiger charge is -2.11. The first-order valence-corrected chi connectivity index (χ1v) is 6.71. The van der Waals surface area contributed by atoms with Gasteiger partial charge in [-0.25, -0.2) is 0 Å². The normalized spacial score (nSPS) is 18.0. The van der Waals surface area contributed by atoms with Crippen LogP contribution in [0.5, 0.6) is 5.75 Å². The van der Waals surface area contributed by atoms with Crippen LogP contribution in [0.25, 0.3) is 0 Å². The summed E-state index contributed by atoms with van der Waals surface area (Å²) in [6.07, 6.45) is 0. The molecule has 0 amide bonds. The number of hydrogen-bond donors (Lipinski definition) is 1. The second kappa shape index (κ2) is 5.05.